The van der Waals surface area contributed by atoms with Crippen molar-refractivity contribution < 1.29 is 18.7 Å². The van der Waals surface area contributed by atoms with Crippen molar-refractivity contribution >= 4 is 28.7 Å². The molecule has 1 amide bonds. The van der Waals surface area contributed by atoms with Crippen LogP contribution in [0.1, 0.15) is 23.2 Å². The monoisotopic (exact) mass is 451 g/mol. The smallest absolute Gasteiger partial charge is 0.251 e. The molecule has 0 radical (unpaired) electrons. The van der Waals surface area contributed by atoms with Crippen LogP contribution in [0.25, 0.3) is 22.2 Å². The quantitative estimate of drug-likeness (QED) is 0.178. The van der Waals surface area contributed by atoms with Crippen LogP contribution in [-0.4, -0.2) is 49.7 Å². The molecule has 0 saturated carbocycles. The Hall–Kier alpha value is -3.85. The third kappa shape index (κ3) is 6.33. The number of fused-ring (bicyclic) bond motifs is 1. The van der Waals surface area contributed by atoms with Crippen LogP contribution < -0.4 is 15.9 Å². The molecule has 1 aromatic heterocycles. The lowest BCUT2D eigenvalue weighted by molar-refractivity contribution is 0.0953. The van der Waals surface area contributed by atoms with Crippen molar-refractivity contribution in [3.8, 4) is 17.0 Å². The van der Waals surface area contributed by atoms with Gasteiger partial charge in [-0.1, -0.05) is 0 Å². The van der Waals surface area contributed by atoms with E-state index in [0.29, 0.717) is 60.8 Å². The van der Waals surface area contributed by atoms with Crippen molar-refractivity contribution in [2.45, 2.75) is 12.8 Å². The van der Waals surface area contributed by atoms with Crippen LogP contribution in [0.15, 0.2) is 53.6 Å². The number of amides is 1. The molecule has 3 rings (SSSR count). The highest BCUT2D eigenvalue weighted by Gasteiger charge is 2.13. The number of rotatable bonds is 11. The summed E-state index contributed by atoms with van der Waals surface area (Å²) in [5.41, 5.74) is 2.83. The molecule has 33 heavy (non-hydrogen) atoms. The predicted octanol–water partition coefficient (Wildman–Crippen LogP) is 3.54. The lowest BCUT2D eigenvalue weighted by Crippen LogP contribution is -2.25. The molecule has 172 valence electrons. The van der Waals surface area contributed by atoms with E-state index in [1.807, 2.05) is 0 Å². The molecule has 0 aliphatic rings. The number of ether oxygens (including phenoxy) is 2. The normalized spacial score (nSPS) is 11.4. The van der Waals surface area contributed by atoms with E-state index < -0.39 is 0 Å². The van der Waals surface area contributed by atoms with E-state index in [9.17, 15) is 9.18 Å². The third-order valence-electron chi connectivity index (χ3n) is 4.95. The average Bonchev–Trinajstić information content (AvgIpc) is 2.84. The van der Waals surface area contributed by atoms with Gasteiger partial charge in [0.2, 0.25) is 0 Å². The van der Waals surface area contributed by atoms with Crippen molar-refractivity contribution in [2.75, 3.05) is 26.9 Å². The van der Waals surface area contributed by atoms with Gasteiger partial charge in [0.1, 0.15) is 18.2 Å². The molecular formula is C24H26FN5O3. The van der Waals surface area contributed by atoms with Crippen molar-refractivity contribution in [1.29, 1.82) is 5.41 Å². The molecule has 1 heterocycles. The number of hydrogen-bond acceptors (Lipinski definition) is 7. The largest absolute Gasteiger partial charge is 0.490 e. The van der Waals surface area contributed by atoms with Crippen molar-refractivity contribution in [3.63, 3.8) is 0 Å². The molecule has 8 nitrogen and oxygen atoms in total. The zero-order valence-electron chi connectivity index (χ0n) is 18.3. The molecule has 2 aromatic carbocycles. The van der Waals surface area contributed by atoms with Gasteiger partial charge < -0.3 is 26.0 Å². The molecule has 0 unspecified atom stereocenters. The Morgan fingerprint density at radius 2 is 2.00 bits per heavy atom. The summed E-state index contributed by atoms with van der Waals surface area (Å²) >= 11 is 0. The number of benzene rings is 2. The van der Waals surface area contributed by atoms with Crippen LogP contribution in [0.5, 0.6) is 5.75 Å². The highest BCUT2D eigenvalue weighted by molar-refractivity contribution is 6.29. The maximum absolute atomic E-state index is 13.4. The number of carbonyl (C=O) groups excluding carboxylic acids is 1. The van der Waals surface area contributed by atoms with Gasteiger partial charge in [0.15, 0.2) is 0 Å². The fraction of sp³-hybridized carbons (Fsp3) is 0.250. The number of aromatic nitrogens is 1. The van der Waals surface area contributed by atoms with Crippen LogP contribution >= 0.6 is 0 Å². The van der Waals surface area contributed by atoms with Crippen molar-refractivity contribution in [1.82, 2.24) is 10.3 Å². The minimum Gasteiger partial charge on any atom is -0.490 e. The minimum absolute atomic E-state index is 0.242. The number of pyridine rings is 1. The second-order valence-corrected chi connectivity index (χ2v) is 7.21. The SMILES string of the molecule is COCCOc1cc(-c2ccc(F)cc2)nc2cc(C(=O)NCCC/C(C=N)=N/N)ccc12. The molecule has 0 aliphatic heterocycles. The number of nitrogens with two attached hydrogens (primary N) is 1. The molecule has 0 atom stereocenters. The summed E-state index contributed by atoms with van der Waals surface area (Å²) in [6.45, 7) is 1.19. The van der Waals surface area contributed by atoms with Gasteiger partial charge in [-0.2, -0.15) is 5.10 Å². The van der Waals surface area contributed by atoms with Crippen LogP contribution in [0.2, 0.25) is 0 Å². The summed E-state index contributed by atoms with van der Waals surface area (Å²) in [6.07, 6.45) is 2.21. The van der Waals surface area contributed by atoms with E-state index in [4.69, 9.17) is 20.7 Å². The lowest BCUT2D eigenvalue weighted by atomic mass is 10.1. The van der Waals surface area contributed by atoms with Gasteiger partial charge in [-0.15, -0.1) is 0 Å². The number of nitrogens with zero attached hydrogens (tertiary/aromatic N) is 2. The second kappa shape index (κ2) is 11.7. The Morgan fingerprint density at radius 3 is 2.70 bits per heavy atom. The van der Waals surface area contributed by atoms with E-state index in [1.54, 1.807) is 43.5 Å². The van der Waals surface area contributed by atoms with E-state index in [2.05, 4.69) is 15.4 Å². The first-order chi connectivity index (χ1) is 16.0. The van der Waals surface area contributed by atoms with Gasteiger partial charge >= 0.3 is 0 Å². The molecule has 9 heteroatoms. The Morgan fingerprint density at radius 1 is 1.21 bits per heavy atom. The summed E-state index contributed by atoms with van der Waals surface area (Å²) in [7, 11) is 1.59. The van der Waals surface area contributed by atoms with Crippen molar-refractivity contribution in [2.24, 2.45) is 10.9 Å². The topological polar surface area (TPSA) is 123 Å². The van der Waals surface area contributed by atoms with E-state index in [-0.39, 0.29) is 11.7 Å². The fourth-order valence-electron chi connectivity index (χ4n) is 3.21. The number of hydrogen-bond donors (Lipinski definition) is 3. The first-order valence-electron chi connectivity index (χ1n) is 10.4. The molecule has 0 aliphatic carbocycles. The summed E-state index contributed by atoms with van der Waals surface area (Å²) in [6, 6.07) is 13.0. The second-order valence-electron chi connectivity index (χ2n) is 7.21. The Labute approximate surface area is 191 Å². The first kappa shape index (κ1) is 23.8. The van der Waals surface area contributed by atoms with Gasteiger partial charge in [-0.25, -0.2) is 9.37 Å². The summed E-state index contributed by atoms with van der Waals surface area (Å²) < 4.78 is 24.3. The number of hydrazone groups is 1. The van der Waals surface area contributed by atoms with Gasteiger partial charge in [-0.3, -0.25) is 4.79 Å². The Bertz CT molecular complexity index is 1150. The van der Waals surface area contributed by atoms with E-state index in [0.717, 1.165) is 17.2 Å². The molecule has 4 N–H and O–H groups in total. The van der Waals surface area contributed by atoms with Crippen LogP contribution in [-0.2, 0) is 4.74 Å². The van der Waals surface area contributed by atoms with Gasteiger partial charge in [0.25, 0.3) is 5.91 Å². The maximum Gasteiger partial charge on any atom is 0.251 e. The molecule has 0 saturated heterocycles. The highest BCUT2D eigenvalue weighted by Crippen LogP contribution is 2.31. The number of nitrogens with one attached hydrogen (secondary N) is 2. The minimum atomic E-state index is -0.333. The van der Waals surface area contributed by atoms with Gasteiger partial charge in [0, 0.05) is 42.4 Å². The van der Waals surface area contributed by atoms with E-state index >= 15 is 0 Å². The first-order valence-corrected chi connectivity index (χ1v) is 10.4. The third-order valence-corrected chi connectivity index (χ3v) is 4.95. The van der Waals surface area contributed by atoms with Crippen molar-refractivity contribution in [3.05, 3.63) is 59.9 Å². The van der Waals surface area contributed by atoms with Crippen LogP contribution in [0.3, 0.4) is 0 Å². The number of carbonyl (C=O) groups is 1. The van der Waals surface area contributed by atoms with Gasteiger partial charge in [-0.05, 0) is 55.3 Å². The highest BCUT2D eigenvalue weighted by atomic mass is 19.1. The zero-order chi connectivity index (χ0) is 23.6. The Kier molecular flexibility index (Phi) is 8.43. The molecule has 3 aromatic rings. The molecular weight excluding hydrogens is 425 g/mol. The molecule has 0 spiro atoms. The zero-order valence-corrected chi connectivity index (χ0v) is 18.3. The number of halogens is 1. The Balaban J connectivity index is 1.85. The summed E-state index contributed by atoms with van der Waals surface area (Å²) in [5.74, 6) is 5.21. The van der Waals surface area contributed by atoms with Crippen LogP contribution in [0.4, 0.5) is 4.39 Å². The molecule has 0 fully saturated rings. The number of methoxy groups -OCH3 is 1. The standard InChI is InChI=1S/C24H26FN5O3/c1-32-11-12-33-23-14-21(16-4-7-18(25)8-5-16)29-22-13-17(6-9-20(22)23)24(31)28-10-2-3-19(15-26)30-27/h4-9,13-15,26H,2-3,10-12,27H2,1H3,(H,28,31)/b26-15?,30-19-. The summed E-state index contributed by atoms with van der Waals surface area (Å²) in [4.78, 5) is 17.3. The van der Waals surface area contributed by atoms with Gasteiger partial charge in [0.05, 0.1) is 23.5 Å². The average molecular weight is 452 g/mol. The maximum atomic E-state index is 13.4. The predicted molar refractivity (Wildman–Crippen MR) is 126 cm³/mol. The molecule has 0 bridgehead atoms. The van der Waals surface area contributed by atoms with E-state index in [1.165, 1.54) is 12.1 Å². The fourth-order valence-corrected chi connectivity index (χ4v) is 3.21. The lowest BCUT2D eigenvalue weighted by Gasteiger charge is -2.13. The summed E-state index contributed by atoms with van der Waals surface area (Å²) in [5, 5.41) is 14.3. The van der Waals surface area contributed by atoms with Crippen LogP contribution in [0, 0.1) is 11.2 Å².